The summed E-state index contributed by atoms with van der Waals surface area (Å²) in [5, 5.41) is 11.5. The van der Waals surface area contributed by atoms with E-state index >= 15 is 0 Å². The number of benzene rings is 2. The van der Waals surface area contributed by atoms with Crippen LogP contribution in [0.4, 0.5) is 0 Å². The number of carboxylic acid groups (broad SMARTS) is 1. The average molecular weight is 366 g/mol. The van der Waals surface area contributed by atoms with Crippen molar-refractivity contribution < 1.29 is 9.90 Å². The molecule has 3 rings (SSSR count). The van der Waals surface area contributed by atoms with Crippen LogP contribution in [0.3, 0.4) is 0 Å². The van der Waals surface area contributed by atoms with E-state index in [1.165, 1.54) is 28.0 Å². The van der Waals surface area contributed by atoms with Gasteiger partial charge in [-0.15, -0.1) is 11.3 Å². The lowest BCUT2D eigenvalue weighted by atomic mass is 10.1. The predicted octanol–water partition coefficient (Wildman–Crippen LogP) is 4.91. The lowest BCUT2D eigenvalue weighted by Crippen LogP contribution is -2.26. The summed E-state index contributed by atoms with van der Waals surface area (Å²) in [7, 11) is 0. The van der Waals surface area contributed by atoms with E-state index in [9.17, 15) is 4.79 Å². The van der Waals surface area contributed by atoms with E-state index in [2.05, 4.69) is 60.1 Å². The topological polar surface area (TPSA) is 53.4 Å². The van der Waals surface area contributed by atoms with E-state index in [1.807, 2.05) is 18.2 Å². The van der Waals surface area contributed by atoms with Crippen molar-refractivity contribution in [2.75, 3.05) is 0 Å². The van der Waals surface area contributed by atoms with Gasteiger partial charge >= 0.3 is 5.97 Å². The van der Waals surface area contributed by atoms with E-state index in [1.54, 1.807) is 5.38 Å². The van der Waals surface area contributed by atoms with Gasteiger partial charge in [0.05, 0.1) is 6.54 Å². The van der Waals surface area contributed by atoms with Crippen LogP contribution in [0.25, 0.3) is 0 Å². The van der Waals surface area contributed by atoms with Gasteiger partial charge in [0.15, 0.2) is 5.69 Å². The van der Waals surface area contributed by atoms with Crippen molar-refractivity contribution in [1.82, 2.24) is 9.88 Å². The maximum Gasteiger partial charge on any atom is 0.355 e. The third kappa shape index (κ3) is 4.56. The molecule has 4 nitrogen and oxygen atoms in total. The molecule has 5 heteroatoms. The molecule has 0 aliphatic rings. The Balaban J connectivity index is 1.84. The third-order valence-electron chi connectivity index (χ3n) is 4.45. The molecule has 0 aliphatic heterocycles. The molecular weight excluding hydrogens is 344 g/mol. The molecular formula is C21H22N2O2S. The summed E-state index contributed by atoms with van der Waals surface area (Å²) < 4.78 is 0. The van der Waals surface area contributed by atoms with Gasteiger partial charge in [0.25, 0.3) is 0 Å². The van der Waals surface area contributed by atoms with Crippen molar-refractivity contribution >= 4 is 17.3 Å². The molecule has 0 fully saturated rings. The molecule has 1 N–H and O–H groups in total. The van der Waals surface area contributed by atoms with E-state index in [0.29, 0.717) is 6.54 Å². The summed E-state index contributed by atoms with van der Waals surface area (Å²) in [5.74, 6) is -0.978. The number of hydrogen-bond acceptors (Lipinski definition) is 4. The number of rotatable bonds is 7. The normalized spacial score (nSPS) is 12.3. The minimum atomic E-state index is -0.978. The van der Waals surface area contributed by atoms with Crippen LogP contribution in [-0.2, 0) is 13.1 Å². The highest BCUT2D eigenvalue weighted by Gasteiger charge is 2.19. The van der Waals surface area contributed by atoms with E-state index < -0.39 is 5.97 Å². The molecule has 26 heavy (non-hydrogen) atoms. The Morgan fingerprint density at radius 3 is 2.42 bits per heavy atom. The Morgan fingerprint density at radius 2 is 1.81 bits per heavy atom. The summed E-state index contributed by atoms with van der Waals surface area (Å²) in [6.07, 6.45) is 0. The first-order valence-electron chi connectivity index (χ1n) is 8.55. The second kappa shape index (κ2) is 8.25. The highest BCUT2D eigenvalue weighted by molar-refractivity contribution is 7.09. The van der Waals surface area contributed by atoms with Crippen molar-refractivity contribution in [1.29, 1.82) is 0 Å². The Bertz CT molecular complexity index is 859. The van der Waals surface area contributed by atoms with Crippen LogP contribution in [0.5, 0.6) is 0 Å². The van der Waals surface area contributed by atoms with Crippen LogP contribution in [0, 0.1) is 6.92 Å². The van der Waals surface area contributed by atoms with Crippen LogP contribution < -0.4 is 0 Å². The highest BCUT2D eigenvalue weighted by atomic mass is 32.1. The summed E-state index contributed by atoms with van der Waals surface area (Å²) in [6.45, 7) is 5.65. The molecule has 2 aromatic carbocycles. The fourth-order valence-corrected chi connectivity index (χ4v) is 3.65. The lowest BCUT2D eigenvalue weighted by Gasteiger charge is -2.29. The molecule has 0 bridgehead atoms. The SMILES string of the molecule is Cc1ccc(CN(Cc2nc(C(=O)O)cs2)C(C)c2ccccc2)cc1. The Kier molecular flexibility index (Phi) is 5.81. The molecule has 1 atom stereocenters. The fraction of sp³-hybridized carbons (Fsp3) is 0.238. The summed E-state index contributed by atoms with van der Waals surface area (Å²) in [6, 6.07) is 19.1. The van der Waals surface area contributed by atoms with Gasteiger partial charge in [-0.2, -0.15) is 0 Å². The third-order valence-corrected chi connectivity index (χ3v) is 5.28. The molecule has 0 saturated carbocycles. The van der Waals surface area contributed by atoms with E-state index in [4.69, 9.17) is 5.11 Å². The number of hydrogen-bond donors (Lipinski definition) is 1. The van der Waals surface area contributed by atoms with Crippen molar-refractivity contribution in [3.8, 4) is 0 Å². The van der Waals surface area contributed by atoms with Crippen LogP contribution >= 0.6 is 11.3 Å². The van der Waals surface area contributed by atoms with E-state index in [0.717, 1.165) is 11.6 Å². The zero-order valence-corrected chi connectivity index (χ0v) is 15.7. The number of thiazole rings is 1. The first-order chi connectivity index (χ1) is 12.5. The number of carbonyl (C=O) groups is 1. The minimum absolute atomic E-state index is 0.118. The summed E-state index contributed by atoms with van der Waals surface area (Å²) in [5.41, 5.74) is 3.82. The van der Waals surface area contributed by atoms with Gasteiger partial charge in [0.1, 0.15) is 5.01 Å². The van der Waals surface area contributed by atoms with Crippen molar-refractivity contribution in [3.63, 3.8) is 0 Å². The quantitative estimate of drug-likeness (QED) is 0.645. The van der Waals surface area contributed by atoms with Gasteiger partial charge in [0.2, 0.25) is 0 Å². The van der Waals surface area contributed by atoms with Gasteiger partial charge < -0.3 is 5.11 Å². The average Bonchev–Trinajstić information content (AvgIpc) is 3.12. The number of carboxylic acids is 1. The van der Waals surface area contributed by atoms with Crippen LogP contribution in [0.2, 0.25) is 0 Å². The summed E-state index contributed by atoms with van der Waals surface area (Å²) in [4.78, 5) is 17.7. The monoisotopic (exact) mass is 366 g/mol. The van der Waals surface area contributed by atoms with Gasteiger partial charge in [-0.25, -0.2) is 9.78 Å². The first kappa shape index (κ1) is 18.3. The van der Waals surface area contributed by atoms with Gasteiger partial charge in [-0.3, -0.25) is 4.90 Å². The fourth-order valence-electron chi connectivity index (χ4n) is 2.86. The summed E-state index contributed by atoms with van der Waals surface area (Å²) >= 11 is 1.40. The molecule has 1 aromatic heterocycles. The Hall–Kier alpha value is -2.50. The van der Waals surface area contributed by atoms with Gasteiger partial charge in [-0.05, 0) is 25.0 Å². The van der Waals surface area contributed by atoms with E-state index in [-0.39, 0.29) is 11.7 Å². The second-order valence-electron chi connectivity index (χ2n) is 6.41. The van der Waals surface area contributed by atoms with Crippen molar-refractivity contribution in [2.24, 2.45) is 0 Å². The van der Waals surface area contributed by atoms with Crippen molar-refractivity contribution in [3.05, 3.63) is 87.4 Å². The highest BCUT2D eigenvalue weighted by Crippen LogP contribution is 2.25. The van der Waals surface area contributed by atoms with Crippen LogP contribution in [0.15, 0.2) is 60.0 Å². The van der Waals surface area contributed by atoms with Crippen LogP contribution in [0.1, 0.15) is 45.2 Å². The maximum atomic E-state index is 11.1. The largest absolute Gasteiger partial charge is 0.476 e. The molecule has 3 aromatic rings. The lowest BCUT2D eigenvalue weighted by molar-refractivity contribution is 0.0691. The standard InChI is InChI=1S/C21H22N2O2S/c1-15-8-10-17(11-9-15)12-23(16(2)18-6-4-3-5-7-18)13-20-22-19(14-26-20)21(24)25/h3-11,14,16H,12-13H2,1-2H3,(H,24,25). The smallest absolute Gasteiger partial charge is 0.355 e. The molecule has 0 amide bonds. The van der Waals surface area contributed by atoms with Crippen molar-refractivity contribution in [2.45, 2.75) is 33.0 Å². The predicted molar refractivity (Wildman–Crippen MR) is 104 cm³/mol. The van der Waals surface area contributed by atoms with Crippen LogP contribution in [-0.4, -0.2) is 21.0 Å². The molecule has 0 radical (unpaired) electrons. The second-order valence-corrected chi connectivity index (χ2v) is 7.35. The first-order valence-corrected chi connectivity index (χ1v) is 9.43. The maximum absolute atomic E-state index is 11.1. The number of aromatic nitrogens is 1. The Morgan fingerprint density at radius 1 is 1.12 bits per heavy atom. The zero-order chi connectivity index (χ0) is 18.5. The molecule has 0 aliphatic carbocycles. The molecule has 1 heterocycles. The number of aromatic carboxylic acids is 1. The molecule has 0 spiro atoms. The van der Waals surface area contributed by atoms with Gasteiger partial charge in [0, 0.05) is 18.0 Å². The minimum Gasteiger partial charge on any atom is -0.476 e. The molecule has 134 valence electrons. The number of aryl methyl sites for hydroxylation is 1. The molecule has 0 saturated heterocycles. The zero-order valence-electron chi connectivity index (χ0n) is 14.9. The van der Waals surface area contributed by atoms with Gasteiger partial charge in [-0.1, -0.05) is 60.2 Å². The Labute approximate surface area is 157 Å². The molecule has 1 unspecified atom stereocenters. The number of nitrogens with zero attached hydrogens (tertiary/aromatic N) is 2.